The van der Waals surface area contributed by atoms with Crippen molar-refractivity contribution in [3.8, 4) is 11.8 Å². The van der Waals surface area contributed by atoms with Crippen molar-refractivity contribution in [3.63, 3.8) is 0 Å². The maximum atomic E-state index is 12.7. The van der Waals surface area contributed by atoms with E-state index in [1.807, 2.05) is 0 Å². The highest BCUT2D eigenvalue weighted by Crippen LogP contribution is 2.24. The van der Waals surface area contributed by atoms with Crippen LogP contribution in [0, 0.1) is 0 Å². The lowest BCUT2D eigenvalue weighted by Crippen LogP contribution is -2.35. The number of carbonyl (C=O) groups excluding carboxylic acids is 1. The summed E-state index contributed by atoms with van der Waals surface area (Å²) in [4.78, 5) is 19.4. The Kier molecular flexibility index (Phi) is 7.37. The molecule has 0 radical (unpaired) electrons. The molecule has 0 saturated carbocycles. The number of amides is 2. The Labute approximate surface area is 178 Å². The number of anilines is 1. The molecule has 0 bridgehead atoms. The Morgan fingerprint density at radius 2 is 1.71 bits per heavy atom. The van der Waals surface area contributed by atoms with Crippen LogP contribution in [0.1, 0.15) is 16.5 Å². The van der Waals surface area contributed by atoms with E-state index >= 15 is 0 Å². The Balaban J connectivity index is 2.34. The van der Waals surface area contributed by atoms with Crippen molar-refractivity contribution >= 4 is 31.8 Å². The number of methoxy groups -OCH3 is 2. The zero-order valence-electron chi connectivity index (χ0n) is 16.7. The Bertz CT molecular complexity index is 1160. The van der Waals surface area contributed by atoms with Gasteiger partial charge in [-0.2, -0.15) is 9.97 Å². The number of aliphatic hydroxyl groups is 1. The first kappa shape index (κ1) is 24.3. The number of rotatable bonds is 8. The van der Waals surface area contributed by atoms with E-state index in [1.54, 1.807) is 4.72 Å². The van der Waals surface area contributed by atoms with Crippen molar-refractivity contribution in [3.05, 3.63) is 35.4 Å². The molecule has 0 aliphatic carbocycles. The fraction of sp³-hybridized carbons (Fsp3) is 0.312. The molecule has 15 heteroatoms. The van der Waals surface area contributed by atoms with Gasteiger partial charge in [-0.1, -0.05) is 12.1 Å². The summed E-state index contributed by atoms with van der Waals surface area (Å²) >= 11 is 0. The van der Waals surface area contributed by atoms with Crippen molar-refractivity contribution in [2.24, 2.45) is 5.73 Å². The molecule has 31 heavy (non-hydrogen) atoms. The van der Waals surface area contributed by atoms with E-state index in [0.29, 0.717) is 0 Å². The number of aromatic nitrogens is 2. The van der Waals surface area contributed by atoms with Gasteiger partial charge in [-0.15, -0.1) is 0 Å². The minimum absolute atomic E-state index is 0.0404. The van der Waals surface area contributed by atoms with Gasteiger partial charge < -0.3 is 20.3 Å². The number of sulfone groups is 1. The van der Waals surface area contributed by atoms with Gasteiger partial charge in [-0.05, 0) is 17.2 Å². The predicted octanol–water partition coefficient (Wildman–Crippen LogP) is -0.502. The van der Waals surface area contributed by atoms with E-state index in [2.05, 4.69) is 15.3 Å². The summed E-state index contributed by atoms with van der Waals surface area (Å²) in [5.41, 5.74) is 5.53. The molecule has 1 unspecified atom stereocenters. The number of hydrogen-bond donors (Lipinski definition) is 4. The lowest BCUT2D eigenvalue weighted by Gasteiger charge is -2.15. The van der Waals surface area contributed by atoms with Gasteiger partial charge in [-0.25, -0.2) is 26.4 Å². The molecule has 5 N–H and O–H groups in total. The van der Waals surface area contributed by atoms with Crippen LogP contribution in [-0.4, -0.2) is 58.4 Å². The van der Waals surface area contributed by atoms with E-state index in [0.717, 1.165) is 12.3 Å². The van der Waals surface area contributed by atoms with Crippen molar-refractivity contribution in [2.45, 2.75) is 16.9 Å². The van der Waals surface area contributed by atoms with Crippen LogP contribution < -0.4 is 25.2 Å². The third-order valence-electron chi connectivity index (χ3n) is 3.89. The summed E-state index contributed by atoms with van der Waals surface area (Å²) in [5.74, 6) is -0.204. The molecule has 1 aromatic heterocycles. The molecular weight excluding hydrogens is 454 g/mol. The number of benzene rings is 1. The summed E-state index contributed by atoms with van der Waals surface area (Å²) in [6, 6.07) is 3.55. The minimum Gasteiger partial charge on any atom is -0.481 e. The number of nitrogens with one attached hydrogen (secondary N) is 2. The first-order chi connectivity index (χ1) is 14.4. The second-order valence-corrected chi connectivity index (χ2v) is 9.93. The normalized spacial score (nSPS) is 12.7. The molecule has 2 rings (SSSR count). The van der Waals surface area contributed by atoms with E-state index in [-0.39, 0.29) is 28.8 Å². The number of nitrogens with zero attached hydrogens (tertiary/aromatic N) is 2. The van der Waals surface area contributed by atoms with Crippen LogP contribution in [0.15, 0.2) is 29.2 Å². The Morgan fingerprint density at radius 1 is 1.13 bits per heavy atom. The number of aliphatic hydroxyl groups excluding tert-OH is 1. The Hall–Kier alpha value is -3.01. The average Bonchev–Trinajstić information content (AvgIpc) is 2.71. The predicted molar refractivity (Wildman–Crippen MR) is 109 cm³/mol. The molecule has 13 nitrogen and oxygen atoms in total. The highest BCUT2D eigenvalue weighted by molar-refractivity contribution is 7.91. The van der Waals surface area contributed by atoms with Gasteiger partial charge in [0.15, 0.2) is 9.84 Å². The molecule has 1 heterocycles. The molecule has 2 aromatic rings. The zero-order valence-corrected chi connectivity index (χ0v) is 18.3. The van der Waals surface area contributed by atoms with E-state index in [9.17, 15) is 26.7 Å². The lowest BCUT2D eigenvalue weighted by molar-refractivity contribution is 0.256. The quantitative estimate of drug-likeness (QED) is 0.383. The third-order valence-corrected chi connectivity index (χ3v) is 6.50. The molecule has 0 spiro atoms. The summed E-state index contributed by atoms with van der Waals surface area (Å²) in [5, 5.41) is 10.1. The van der Waals surface area contributed by atoms with Crippen LogP contribution in [0.5, 0.6) is 11.8 Å². The van der Waals surface area contributed by atoms with Crippen LogP contribution in [0.25, 0.3) is 0 Å². The Morgan fingerprint density at radius 3 is 2.19 bits per heavy atom. The molecule has 0 aliphatic rings. The molecule has 1 atom stereocenters. The van der Waals surface area contributed by atoms with E-state index < -0.39 is 42.8 Å². The molecule has 170 valence electrons. The standard InChI is InChI=1S/C16H21N5O8S2/c1-28-12-7-13(29-2)19-15(18-12)20-16(23)21-31(26,27)11-6-9(4-5-10(11)8-22)14(17)30(3,24)25/h4-7,14,22H,8,17H2,1-3H3,(H2,18,19,20,21,23). The topological polar surface area (TPSA) is 200 Å². The van der Waals surface area contributed by atoms with Crippen molar-refractivity contribution < 1.29 is 36.2 Å². The molecule has 0 saturated heterocycles. The molecule has 1 aromatic carbocycles. The van der Waals surface area contributed by atoms with Gasteiger partial charge in [0.05, 0.1) is 31.8 Å². The maximum absolute atomic E-state index is 12.7. The lowest BCUT2D eigenvalue weighted by atomic mass is 10.1. The second kappa shape index (κ2) is 9.42. The van der Waals surface area contributed by atoms with Gasteiger partial charge >= 0.3 is 6.03 Å². The number of carbonyl (C=O) groups is 1. The van der Waals surface area contributed by atoms with Crippen LogP contribution in [0.2, 0.25) is 0 Å². The molecular formula is C16H21N5O8S2. The number of sulfonamides is 1. The largest absolute Gasteiger partial charge is 0.481 e. The van der Waals surface area contributed by atoms with E-state index in [1.165, 1.54) is 32.4 Å². The maximum Gasteiger partial charge on any atom is 0.335 e. The fourth-order valence-corrected chi connectivity index (χ4v) is 4.16. The summed E-state index contributed by atoms with van der Waals surface area (Å²) in [6.45, 7) is -0.692. The summed E-state index contributed by atoms with van der Waals surface area (Å²) in [7, 11) is -5.64. The monoisotopic (exact) mass is 475 g/mol. The van der Waals surface area contributed by atoms with Crippen molar-refractivity contribution in [1.82, 2.24) is 14.7 Å². The second-order valence-electron chi connectivity index (χ2n) is 6.11. The van der Waals surface area contributed by atoms with Gasteiger partial charge in [0, 0.05) is 6.26 Å². The number of ether oxygens (including phenoxy) is 2. The van der Waals surface area contributed by atoms with Crippen LogP contribution in [-0.2, 0) is 26.5 Å². The summed E-state index contributed by atoms with van der Waals surface area (Å²) < 4.78 is 60.4. The highest BCUT2D eigenvalue weighted by Gasteiger charge is 2.25. The molecule has 2 amide bonds. The van der Waals surface area contributed by atoms with E-state index in [4.69, 9.17) is 15.2 Å². The zero-order chi connectivity index (χ0) is 23.4. The number of nitrogens with two attached hydrogens (primary N) is 1. The molecule has 0 aliphatic heterocycles. The van der Waals surface area contributed by atoms with Gasteiger partial charge in [0.25, 0.3) is 10.0 Å². The molecule has 0 fully saturated rings. The van der Waals surface area contributed by atoms with Gasteiger partial charge in [0.2, 0.25) is 17.7 Å². The van der Waals surface area contributed by atoms with Crippen LogP contribution in [0.4, 0.5) is 10.7 Å². The number of urea groups is 1. The average molecular weight is 476 g/mol. The third kappa shape index (κ3) is 6.00. The van der Waals surface area contributed by atoms with Crippen LogP contribution >= 0.6 is 0 Å². The minimum atomic E-state index is -4.55. The number of hydrogen-bond acceptors (Lipinski definition) is 11. The first-order valence-corrected chi connectivity index (χ1v) is 11.8. The van der Waals surface area contributed by atoms with Crippen molar-refractivity contribution in [1.29, 1.82) is 0 Å². The van der Waals surface area contributed by atoms with Gasteiger partial charge in [0.1, 0.15) is 5.37 Å². The van der Waals surface area contributed by atoms with Crippen LogP contribution in [0.3, 0.4) is 0 Å². The highest BCUT2D eigenvalue weighted by atomic mass is 32.2. The first-order valence-electron chi connectivity index (χ1n) is 8.40. The smallest absolute Gasteiger partial charge is 0.335 e. The van der Waals surface area contributed by atoms with Gasteiger partial charge in [-0.3, -0.25) is 5.32 Å². The summed E-state index contributed by atoms with van der Waals surface area (Å²) in [6.07, 6.45) is 0.889. The fourth-order valence-electron chi connectivity index (χ4n) is 2.35. The SMILES string of the molecule is COc1cc(OC)nc(NC(=O)NS(=O)(=O)c2cc(C(N)S(C)(=O)=O)ccc2CO)n1. The van der Waals surface area contributed by atoms with Crippen molar-refractivity contribution in [2.75, 3.05) is 25.8 Å².